The van der Waals surface area contributed by atoms with E-state index in [2.05, 4.69) is 5.32 Å². The van der Waals surface area contributed by atoms with Gasteiger partial charge in [-0.1, -0.05) is 41.9 Å². The van der Waals surface area contributed by atoms with Crippen LogP contribution in [0.25, 0.3) is 11.0 Å². The summed E-state index contributed by atoms with van der Waals surface area (Å²) in [6.45, 7) is 6.16. The molecular weight excluding hydrogens is 412 g/mol. The molecular formula is C24H29ClN4O2. The van der Waals surface area contributed by atoms with E-state index in [1.165, 1.54) is 0 Å². The SMILES string of the molecule is CCN(CC)C(=O)Cn1c(CCCNC(=O)Cc2ccccc2Cl)nc2ccccc21. The first-order valence-electron chi connectivity index (χ1n) is 10.8. The highest BCUT2D eigenvalue weighted by Gasteiger charge is 2.16. The molecule has 0 radical (unpaired) electrons. The van der Waals surface area contributed by atoms with Gasteiger partial charge < -0.3 is 14.8 Å². The van der Waals surface area contributed by atoms with Crippen molar-refractivity contribution in [3.63, 3.8) is 0 Å². The molecule has 7 heteroatoms. The van der Waals surface area contributed by atoms with Gasteiger partial charge in [-0.15, -0.1) is 0 Å². The fourth-order valence-electron chi connectivity index (χ4n) is 3.66. The van der Waals surface area contributed by atoms with Crippen LogP contribution in [0.3, 0.4) is 0 Å². The molecule has 164 valence electrons. The lowest BCUT2D eigenvalue weighted by molar-refractivity contribution is -0.131. The molecule has 0 saturated heterocycles. The van der Waals surface area contributed by atoms with Crippen molar-refractivity contribution in [2.24, 2.45) is 0 Å². The van der Waals surface area contributed by atoms with Crippen molar-refractivity contribution >= 4 is 34.4 Å². The maximum absolute atomic E-state index is 12.7. The number of aromatic nitrogens is 2. The molecule has 0 spiro atoms. The maximum atomic E-state index is 12.7. The van der Waals surface area contributed by atoms with E-state index in [9.17, 15) is 9.59 Å². The number of nitrogens with one attached hydrogen (secondary N) is 1. The fourth-order valence-corrected chi connectivity index (χ4v) is 3.86. The summed E-state index contributed by atoms with van der Waals surface area (Å²) in [5.41, 5.74) is 2.66. The van der Waals surface area contributed by atoms with Crippen LogP contribution in [0.2, 0.25) is 5.02 Å². The fraction of sp³-hybridized carbons (Fsp3) is 0.375. The molecule has 31 heavy (non-hydrogen) atoms. The Morgan fingerprint density at radius 1 is 1.06 bits per heavy atom. The standard InChI is InChI=1S/C24H29ClN4O2/c1-3-28(4-2)24(31)17-29-21-13-8-7-12-20(21)27-22(29)14-9-15-26-23(30)16-18-10-5-6-11-19(18)25/h5-8,10-13H,3-4,9,14-17H2,1-2H3,(H,26,30). The number of imidazole rings is 1. The molecule has 0 aliphatic carbocycles. The third-order valence-corrected chi connectivity index (χ3v) is 5.72. The molecule has 1 aromatic heterocycles. The normalized spacial score (nSPS) is 10.9. The second-order valence-corrected chi connectivity index (χ2v) is 7.80. The van der Waals surface area contributed by atoms with Crippen molar-refractivity contribution < 1.29 is 9.59 Å². The number of rotatable bonds is 10. The Labute approximate surface area is 188 Å². The Morgan fingerprint density at radius 3 is 2.52 bits per heavy atom. The first-order valence-corrected chi connectivity index (χ1v) is 11.1. The molecule has 0 fully saturated rings. The van der Waals surface area contributed by atoms with E-state index in [0.29, 0.717) is 31.1 Å². The molecule has 2 amide bonds. The number of aryl methyl sites for hydroxylation is 1. The number of likely N-dealkylation sites (N-methyl/N-ethyl adjacent to an activating group) is 1. The van der Waals surface area contributed by atoms with Crippen molar-refractivity contribution in [1.29, 1.82) is 0 Å². The molecule has 2 aromatic carbocycles. The summed E-state index contributed by atoms with van der Waals surface area (Å²) in [6.07, 6.45) is 1.67. The third-order valence-electron chi connectivity index (χ3n) is 5.35. The van der Waals surface area contributed by atoms with Gasteiger partial charge in [-0.25, -0.2) is 4.98 Å². The Bertz CT molecular complexity index is 1040. The van der Waals surface area contributed by atoms with Crippen molar-refractivity contribution in [2.45, 2.75) is 39.7 Å². The molecule has 0 unspecified atom stereocenters. The van der Waals surface area contributed by atoms with Crippen LogP contribution in [0.5, 0.6) is 0 Å². The average Bonchev–Trinajstić information content (AvgIpc) is 3.11. The van der Waals surface area contributed by atoms with Gasteiger partial charge in [-0.3, -0.25) is 9.59 Å². The van der Waals surface area contributed by atoms with Gasteiger partial charge in [0.2, 0.25) is 11.8 Å². The largest absolute Gasteiger partial charge is 0.356 e. The molecule has 6 nitrogen and oxygen atoms in total. The maximum Gasteiger partial charge on any atom is 0.242 e. The predicted octanol–water partition coefficient (Wildman–Crippen LogP) is 3.85. The molecule has 1 N–H and O–H groups in total. The van der Waals surface area contributed by atoms with E-state index < -0.39 is 0 Å². The number of fused-ring (bicyclic) bond motifs is 1. The van der Waals surface area contributed by atoms with Gasteiger partial charge in [0.05, 0.1) is 17.5 Å². The van der Waals surface area contributed by atoms with E-state index in [1.807, 2.05) is 65.8 Å². The predicted molar refractivity (Wildman–Crippen MR) is 124 cm³/mol. The summed E-state index contributed by atoms with van der Waals surface area (Å²) in [4.78, 5) is 31.5. The quantitative estimate of drug-likeness (QED) is 0.487. The van der Waals surface area contributed by atoms with Gasteiger partial charge in [-0.05, 0) is 44.0 Å². The van der Waals surface area contributed by atoms with Gasteiger partial charge in [-0.2, -0.15) is 0 Å². The minimum Gasteiger partial charge on any atom is -0.356 e. The number of halogens is 1. The zero-order valence-electron chi connectivity index (χ0n) is 18.1. The van der Waals surface area contributed by atoms with Crippen LogP contribution in [0.15, 0.2) is 48.5 Å². The number of benzene rings is 2. The summed E-state index contributed by atoms with van der Waals surface area (Å²) in [5, 5.41) is 3.55. The zero-order chi connectivity index (χ0) is 22.2. The molecule has 1 heterocycles. The second kappa shape index (κ2) is 11.0. The lowest BCUT2D eigenvalue weighted by atomic mass is 10.1. The first kappa shape index (κ1) is 22.8. The van der Waals surface area contributed by atoms with Crippen molar-refractivity contribution in [1.82, 2.24) is 19.8 Å². The van der Waals surface area contributed by atoms with Crippen LogP contribution >= 0.6 is 11.6 Å². The van der Waals surface area contributed by atoms with Crippen molar-refractivity contribution in [2.75, 3.05) is 19.6 Å². The molecule has 0 bridgehead atoms. The van der Waals surface area contributed by atoms with Crippen LogP contribution in [0, 0.1) is 0 Å². The van der Waals surface area contributed by atoms with E-state index in [0.717, 1.165) is 28.8 Å². The van der Waals surface area contributed by atoms with E-state index in [1.54, 1.807) is 6.07 Å². The van der Waals surface area contributed by atoms with Crippen LogP contribution in [0.4, 0.5) is 0 Å². The van der Waals surface area contributed by atoms with Gasteiger partial charge >= 0.3 is 0 Å². The summed E-state index contributed by atoms with van der Waals surface area (Å²) in [5.74, 6) is 0.891. The van der Waals surface area contributed by atoms with Crippen LogP contribution in [-0.4, -0.2) is 45.9 Å². The van der Waals surface area contributed by atoms with Crippen molar-refractivity contribution in [3.8, 4) is 0 Å². The summed E-state index contributed by atoms with van der Waals surface area (Å²) in [6, 6.07) is 15.2. The number of hydrogen-bond donors (Lipinski definition) is 1. The number of nitrogens with zero attached hydrogens (tertiary/aromatic N) is 3. The van der Waals surface area contributed by atoms with Crippen molar-refractivity contribution in [3.05, 3.63) is 64.9 Å². The van der Waals surface area contributed by atoms with Gasteiger partial charge in [0.15, 0.2) is 0 Å². The third kappa shape index (κ3) is 5.85. The monoisotopic (exact) mass is 440 g/mol. The minimum absolute atomic E-state index is 0.0571. The molecule has 0 aliphatic heterocycles. The first-order chi connectivity index (χ1) is 15.0. The zero-order valence-corrected chi connectivity index (χ0v) is 18.9. The van der Waals surface area contributed by atoms with Gasteiger partial charge in [0.25, 0.3) is 0 Å². The molecule has 0 saturated carbocycles. The highest BCUT2D eigenvalue weighted by Crippen LogP contribution is 2.18. The van der Waals surface area contributed by atoms with E-state index in [4.69, 9.17) is 16.6 Å². The lowest BCUT2D eigenvalue weighted by Gasteiger charge is -2.20. The number of hydrogen-bond acceptors (Lipinski definition) is 3. The highest BCUT2D eigenvalue weighted by atomic mass is 35.5. The number of para-hydroxylation sites is 2. The second-order valence-electron chi connectivity index (χ2n) is 7.39. The smallest absolute Gasteiger partial charge is 0.242 e. The van der Waals surface area contributed by atoms with Crippen LogP contribution in [0.1, 0.15) is 31.7 Å². The average molecular weight is 441 g/mol. The van der Waals surface area contributed by atoms with Crippen LogP contribution in [-0.2, 0) is 29.0 Å². The molecule has 0 aliphatic rings. The van der Waals surface area contributed by atoms with E-state index in [-0.39, 0.29) is 24.8 Å². The van der Waals surface area contributed by atoms with Gasteiger partial charge in [0, 0.05) is 31.1 Å². The van der Waals surface area contributed by atoms with Gasteiger partial charge in [0.1, 0.15) is 12.4 Å². The minimum atomic E-state index is -0.0571. The molecule has 3 rings (SSSR count). The highest BCUT2D eigenvalue weighted by molar-refractivity contribution is 6.31. The number of amides is 2. The van der Waals surface area contributed by atoms with E-state index >= 15 is 0 Å². The Kier molecular flexibility index (Phi) is 8.06. The van der Waals surface area contributed by atoms with Crippen LogP contribution < -0.4 is 5.32 Å². The topological polar surface area (TPSA) is 67.2 Å². The Hall–Kier alpha value is -2.86. The number of carbonyl (C=O) groups excluding carboxylic acids is 2. The summed E-state index contributed by atoms with van der Waals surface area (Å²) >= 11 is 6.13. The number of carbonyl (C=O) groups is 2. The summed E-state index contributed by atoms with van der Waals surface area (Å²) < 4.78 is 2.00. The Morgan fingerprint density at radius 2 is 1.77 bits per heavy atom. The molecule has 0 atom stereocenters. The lowest BCUT2D eigenvalue weighted by Crippen LogP contribution is -2.33. The summed E-state index contributed by atoms with van der Waals surface area (Å²) in [7, 11) is 0. The molecule has 3 aromatic rings. The Balaban J connectivity index is 1.61.